The van der Waals surface area contributed by atoms with Crippen LogP contribution < -0.4 is 0 Å². The first kappa shape index (κ1) is 16.0. The van der Waals surface area contributed by atoms with E-state index in [2.05, 4.69) is 38.8 Å². The topological polar surface area (TPSA) is 43.1 Å². The molecule has 0 amide bonds. The molecule has 1 aromatic rings. The van der Waals surface area contributed by atoms with E-state index in [4.69, 9.17) is 0 Å². The van der Waals surface area contributed by atoms with E-state index < -0.39 is 0 Å². The zero-order valence-corrected chi connectivity index (χ0v) is 14.7. The molecule has 1 aliphatic carbocycles. The monoisotopic (exact) mass is 403 g/mol. The highest BCUT2D eigenvalue weighted by atomic mass is 79.9. The van der Waals surface area contributed by atoms with Crippen LogP contribution in [0.3, 0.4) is 0 Å². The van der Waals surface area contributed by atoms with Crippen LogP contribution in [-0.4, -0.2) is 9.75 Å². The van der Waals surface area contributed by atoms with Gasteiger partial charge in [-0.15, -0.1) is 0 Å². The maximum atomic E-state index is 10.8. The van der Waals surface area contributed by atoms with Crippen molar-refractivity contribution in [3.63, 3.8) is 0 Å². The van der Waals surface area contributed by atoms with Crippen molar-refractivity contribution in [3.8, 4) is 0 Å². The number of rotatable bonds is 4. The van der Waals surface area contributed by atoms with Crippen LogP contribution in [0, 0.1) is 22.0 Å². The van der Waals surface area contributed by atoms with Crippen LogP contribution in [0.25, 0.3) is 0 Å². The molecule has 1 aromatic carbocycles. The second-order valence-electron chi connectivity index (χ2n) is 5.60. The molecular formula is C15H19Br2NO2. The Morgan fingerprint density at radius 3 is 2.75 bits per heavy atom. The zero-order valence-electron chi connectivity index (χ0n) is 11.5. The molecule has 5 heteroatoms. The van der Waals surface area contributed by atoms with Gasteiger partial charge in [-0.05, 0) is 43.1 Å². The smallest absolute Gasteiger partial charge is 0.258 e. The summed E-state index contributed by atoms with van der Waals surface area (Å²) in [5.74, 6) is 1.44. The Kier molecular flexibility index (Phi) is 5.61. The predicted molar refractivity (Wildman–Crippen MR) is 88.3 cm³/mol. The number of nitro groups is 1. The normalized spacial score (nSPS) is 26.4. The van der Waals surface area contributed by atoms with Crippen molar-refractivity contribution in [2.45, 2.75) is 43.9 Å². The van der Waals surface area contributed by atoms with E-state index in [-0.39, 0.29) is 10.6 Å². The van der Waals surface area contributed by atoms with Gasteiger partial charge in [0.1, 0.15) is 0 Å². The molecule has 1 saturated carbocycles. The highest BCUT2D eigenvalue weighted by molar-refractivity contribution is 9.10. The lowest BCUT2D eigenvalue weighted by molar-refractivity contribution is -0.384. The lowest BCUT2D eigenvalue weighted by Gasteiger charge is -2.33. The fourth-order valence-electron chi connectivity index (χ4n) is 3.00. The van der Waals surface area contributed by atoms with Gasteiger partial charge < -0.3 is 0 Å². The first-order chi connectivity index (χ1) is 9.51. The Labute approximate surface area is 136 Å². The van der Waals surface area contributed by atoms with Gasteiger partial charge >= 0.3 is 0 Å². The van der Waals surface area contributed by atoms with Gasteiger partial charge in [0.15, 0.2) is 0 Å². The standard InChI is InChI=1S/C15H19Br2NO2/c1-2-10-3-6-14(16)12(7-10)8-11-4-5-13(18(19)20)9-15(11)17/h4-5,9-10,12,14H,2-3,6-8H2,1H3. The van der Waals surface area contributed by atoms with Crippen molar-refractivity contribution in [1.29, 1.82) is 0 Å². The number of halogens is 2. The van der Waals surface area contributed by atoms with Crippen LogP contribution in [-0.2, 0) is 6.42 Å². The summed E-state index contributed by atoms with van der Waals surface area (Å²) >= 11 is 7.28. The summed E-state index contributed by atoms with van der Waals surface area (Å²) in [6.07, 6.45) is 6.01. The molecule has 0 N–H and O–H groups in total. The summed E-state index contributed by atoms with van der Waals surface area (Å²) in [6.45, 7) is 2.26. The van der Waals surface area contributed by atoms with Crippen molar-refractivity contribution in [1.82, 2.24) is 0 Å². The number of nitro benzene ring substituents is 1. The van der Waals surface area contributed by atoms with E-state index in [9.17, 15) is 10.1 Å². The van der Waals surface area contributed by atoms with Crippen molar-refractivity contribution in [2.24, 2.45) is 11.8 Å². The summed E-state index contributed by atoms with van der Waals surface area (Å²) < 4.78 is 0.852. The molecule has 0 heterocycles. The first-order valence-corrected chi connectivity index (χ1v) is 8.79. The average molecular weight is 405 g/mol. The summed E-state index contributed by atoms with van der Waals surface area (Å²) in [7, 11) is 0. The molecule has 0 radical (unpaired) electrons. The van der Waals surface area contributed by atoms with Crippen LogP contribution in [0.4, 0.5) is 5.69 Å². The van der Waals surface area contributed by atoms with Gasteiger partial charge in [-0.1, -0.05) is 51.3 Å². The predicted octanol–water partition coefficient (Wildman–Crippen LogP) is 5.49. The number of nitrogens with zero attached hydrogens (tertiary/aromatic N) is 1. The molecule has 0 bridgehead atoms. The zero-order chi connectivity index (χ0) is 14.7. The highest BCUT2D eigenvalue weighted by Gasteiger charge is 2.28. The number of hydrogen-bond acceptors (Lipinski definition) is 2. The molecule has 20 heavy (non-hydrogen) atoms. The average Bonchev–Trinajstić information content (AvgIpc) is 2.43. The van der Waals surface area contributed by atoms with Crippen LogP contribution in [0.5, 0.6) is 0 Å². The molecule has 0 saturated heterocycles. The molecule has 0 aliphatic heterocycles. The number of hydrogen-bond donors (Lipinski definition) is 0. The Morgan fingerprint density at radius 2 is 2.15 bits per heavy atom. The maximum Gasteiger partial charge on any atom is 0.270 e. The van der Waals surface area contributed by atoms with Gasteiger partial charge in [0.05, 0.1) is 4.92 Å². The minimum Gasteiger partial charge on any atom is -0.258 e. The largest absolute Gasteiger partial charge is 0.270 e. The molecule has 3 atom stereocenters. The quantitative estimate of drug-likeness (QED) is 0.378. The van der Waals surface area contributed by atoms with Gasteiger partial charge in [0.2, 0.25) is 0 Å². The molecule has 3 nitrogen and oxygen atoms in total. The third-order valence-electron chi connectivity index (χ3n) is 4.31. The number of benzene rings is 1. The van der Waals surface area contributed by atoms with Crippen molar-refractivity contribution in [2.75, 3.05) is 0 Å². The Morgan fingerprint density at radius 1 is 1.40 bits per heavy atom. The Hall–Kier alpha value is -0.420. The Bertz CT molecular complexity index is 493. The fourth-order valence-corrected chi connectivity index (χ4v) is 4.20. The lowest BCUT2D eigenvalue weighted by Crippen LogP contribution is -2.26. The van der Waals surface area contributed by atoms with Crippen molar-refractivity contribution < 1.29 is 4.92 Å². The summed E-state index contributed by atoms with van der Waals surface area (Å²) in [4.78, 5) is 11.0. The van der Waals surface area contributed by atoms with Gasteiger partial charge in [0, 0.05) is 21.4 Å². The van der Waals surface area contributed by atoms with E-state index >= 15 is 0 Å². The number of alkyl halides is 1. The van der Waals surface area contributed by atoms with E-state index in [1.165, 1.54) is 31.2 Å². The van der Waals surface area contributed by atoms with E-state index in [1.54, 1.807) is 12.1 Å². The van der Waals surface area contributed by atoms with E-state index in [1.807, 2.05) is 6.07 Å². The second kappa shape index (κ2) is 7.03. The van der Waals surface area contributed by atoms with Gasteiger partial charge in [0.25, 0.3) is 5.69 Å². The molecule has 110 valence electrons. The van der Waals surface area contributed by atoms with Crippen LogP contribution in [0.2, 0.25) is 0 Å². The van der Waals surface area contributed by atoms with Crippen LogP contribution in [0.1, 0.15) is 38.2 Å². The third-order valence-corrected chi connectivity index (χ3v) is 6.25. The Balaban J connectivity index is 2.10. The van der Waals surface area contributed by atoms with Gasteiger partial charge in [-0.25, -0.2) is 0 Å². The van der Waals surface area contributed by atoms with Gasteiger partial charge in [-0.3, -0.25) is 10.1 Å². The van der Waals surface area contributed by atoms with E-state index in [0.717, 1.165) is 16.8 Å². The molecule has 3 unspecified atom stereocenters. The van der Waals surface area contributed by atoms with Crippen molar-refractivity contribution >= 4 is 37.5 Å². The first-order valence-electron chi connectivity index (χ1n) is 7.08. The molecular weight excluding hydrogens is 386 g/mol. The van der Waals surface area contributed by atoms with Crippen molar-refractivity contribution in [3.05, 3.63) is 38.3 Å². The SMILES string of the molecule is CCC1CCC(Br)C(Cc2ccc([N+](=O)[O-])cc2Br)C1. The second-order valence-corrected chi connectivity index (χ2v) is 7.63. The highest BCUT2D eigenvalue weighted by Crippen LogP contribution is 2.38. The minimum absolute atomic E-state index is 0.145. The summed E-state index contributed by atoms with van der Waals surface area (Å²) in [5, 5.41) is 10.8. The van der Waals surface area contributed by atoms with E-state index in [0.29, 0.717) is 10.7 Å². The fraction of sp³-hybridized carbons (Fsp3) is 0.600. The third kappa shape index (κ3) is 3.82. The molecule has 2 rings (SSSR count). The summed E-state index contributed by atoms with van der Waals surface area (Å²) in [6, 6.07) is 5.10. The summed E-state index contributed by atoms with van der Waals surface area (Å²) in [5.41, 5.74) is 1.31. The molecule has 1 aliphatic rings. The van der Waals surface area contributed by atoms with Crippen LogP contribution >= 0.6 is 31.9 Å². The molecule has 0 spiro atoms. The van der Waals surface area contributed by atoms with Crippen LogP contribution in [0.15, 0.2) is 22.7 Å². The minimum atomic E-state index is -0.352. The lowest BCUT2D eigenvalue weighted by atomic mass is 9.77. The number of non-ortho nitro benzene ring substituents is 1. The maximum absolute atomic E-state index is 10.8. The molecule has 0 aromatic heterocycles. The molecule has 1 fully saturated rings. The van der Waals surface area contributed by atoms with Gasteiger partial charge in [-0.2, -0.15) is 0 Å².